The summed E-state index contributed by atoms with van der Waals surface area (Å²) in [7, 11) is 0. The molecule has 0 saturated carbocycles. The van der Waals surface area contributed by atoms with Gasteiger partial charge in [0, 0.05) is 18.2 Å². The quantitative estimate of drug-likeness (QED) is 0.321. The van der Waals surface area contributed by atoms with Gasteiger partial charge in [-0.2, -0.15) is 0 Å². The van der Waals surface area contributed by atoms with Gasteiger partial charge in [0.1, 0.15) is 5.82 Å². The van der Waals surface area contributed by atoms with Crippen molar-refractivity contribution in [1.29, 1.82) is 0 Å². The lowest BCUT2D eigenvalue weighted by Gasteiger charge is -1.99. The minimum atomic E-state index is 0.0681. The number of rotatable bonds is 2. The molecule has 0 aromatic carbocycles. The number of amidine groups is 1. The molecule has 0 radical (unpaired) electrons. The molecule has 2 aromatic rings. The average Bonchev–Trinajstić information content (AvgIpc) is 2.69. The topological polar surface area (TPSA) is 88.8 Å². The van der Waals surface area contributed by atoms with E-state index in [0.717, 1.165) is 12.2 Å². The fourth-order valence-corrected chi connectivity index (χ4v) is 1.40. The Morgan fingerprint density at radius 2 is 2.40 bits per heavy atom. The van der Waals surface area contributed by atoms with Crippen LogP contribution in [-0.2, 0) is 6.42 Å². The molecule has 0 saturated heterocycles. The monoisotopic (exact) mass is 205 g/mol. The van der Waals surface area contributed by atoms with Crippen molar-refractivity contribution in [2.75, 3.05) is 0 Å². The maximum Gasteiger partial charge on any atom is 0.170 e. The standard InChI is InChI=1S/C9H11N5O/c1-2-7-11-12-8-5-6(9(10)13-15)3-4-14(7)8/h3-5,15H,2H2,1H3,(H2,10,13). The molecule has 0 amide bonds. The minimum Gasteiger partial charge on any atom is -0.409 e. The summed E-state index contributed by atoms with van der Waals surface area (Å²) >= 11 is 0. The van der Waals surface area contributed by atoms with Crippen LogP contribution in [0.1, 0.15) is 18.3 Å². The number of pyridine rings is 1. The molecule has 0 spiro atoms. The Morgan fingerprint density at radius 3 is 3.07 bits per heavy atom. The zero-order chi connectivity index (χ0) is 10.8. The molecule has 0 fully saturated rings. The molecular formula is C9H11N5O. The van der Waals surface area contributed by atoms with Crippen LogP contribution in [0.5, 0.6) is 0 Å². The molecule has 15 heavy (non-hydrogen) atoms. The van der Waals surface area contributed by atoms with Crippen LogP contribution in [0.25, 0.3) is 5.65 Å². The number of nitrogens with two attached hydrogens (primary N) is 1. The lowest BCUT2D eigenvalue weighted by molar-refractivity contribution is 0.318. The number of aryl methyl sites for hydroxylation is 1. The molecule has 0 atom stereocenters. The van der Waals surface area contributed by atoms with E-state index in [-0.39, 0.29) is 5.84 Å². The van der Waals surface area contributed by atoms with Crippen molar-refractivity contribution in [2.45, 2.75) is 13.3 Å². The summed E-state index contributed by atoms with van der Waals surface area (Å²) in [5.41, 5.74) is 6.78. The Morgan fingerprint density at radius 1 is 1.60 bits per heavy atom. The third kappa shape index (κ3) is 1.50. The normalized spacial score (nSPS) is 12.2. The van der Waals surface area contributed by atoms with E-state index in [4.69, 9.17) is 10.9 Å². The summed E-state index contributed by atoms with van der Waals surface area (Å²) in [5.74, 6) is 0.953. The first-order chi connectivity index (χ1) is 7.26. The van der Waals surface area contributed by atoms with Crippen LogP contribution in [0.15, 0.2) is 23.5 Å². The second-order valence-corrected chi connectivity index (χ2v) is 3.10. The largest absolute Gasteiger partial charge is 0.409 e. The van der Waals surface area contributed by atoms with E-state index in [1.54, 1.807) is 12.1 Å². The van der Waals surface area contributed by atoms with Crippen molar-refractivity contribution in [3.8, 4) is 0 Å². The van der Waals surface area contributed by atoms with Gasteiger partial charge >= 0.3 is 0 Å². The van der Waals surface area contributed by atoms with E-state index >= 15 is 0 Å². The Hall–Kier alpha value is -2.11. The first-order valence-electron chi connectivity index (χ1n) is 4.57. The summed E-state index contributed by atoms with van der Waals surface area (Å²) in [6.07, 6.45) is 2.62. The molecule has 78 valence electrons. The van der Waals surface area contributed by atoms with Crippen LogP contribution in [0.4, 0.5) is 0 Å². The van der Waals surface area contributed by atoms with Crippen molar-refractivity contribution >= 4 is 11.5 Å². The van der Waals surface area contributed by atoms with Crippen molar-refractivity contribution in [1.82, 2.24) is 14.6 Å². The molecule has 3 N–H and O–H groups in total. The van der Waals surface area contributed by atoms with Crippen LogP contribution in [0, 0.1) is 0 Å². The van der Waals surface area contributed by atoms with Crippen molar-refractivity contribution in [3.05, 3.63) is 29.7 Å². The highest BCUT2D eigenvalue weighted by Gasteiger charge is 2.05. The molecule has 0 unspecified atom stereocenters. The number of hydrogen-bond acceptors (Lipinski definition) is 4. The van der Waals surface area contributed by atoms with E-state index in [0.29, 0.717) is 11.2 Å². The van der Waals surface area contributed by atoms with Crippen LogP contribution < -0.4 is 5.73 Å². The first kappa shape index (κ1) is 9.45. The predicted molar refractivity (Wildman–Crippen MR) is 54.9 cm³/mol. The predicted octanol–water partition coefficient (Wildman–Crippen LogP) is 0.386. The van der Waals surface area contributed by atoms with Gasteiger partial charge in [0.2, 0.25) is 0 Å². The van der Waals surface area contributed by atoms with Crippen LogP contribution >= 0.6 is 0 Å². The second-order valence-electron chi connectivity index (χ2n) is 3.10. The maximum atomic E-state index is 8.53. The van der Waals surface area contributed by atoms with E-state index in [9.17, 15) is 0 Å². The van der Waals surface area contributed by atoms with Crippen LogP contribution in [0.2, 0.25) is 0 Å². The van der Waals surface area contributed by atoms with Gasteiger partial charge < -0.3 is 10.9 Å². The molecule has 0 aliphatic rings. The SMILES string of the molecule is CCc1nnc2cc(/C(N)=N\O)ccn12. The number of aromatic nitrogens is 3. The Kier molecular flexibility index (Phi) is 2.24. The van der Waals surface area contributed by atoms with E-state index in [1.165, 1.54) is 0 Å². The van der Waals surface area contributed by atoms with Crippen LogP contribution in [-0.4, -0.2) is 25.6 Å². The highest BCUT2D eigenvalue weighted by atomic mass is 16.4. The molecule has 0 aliphatic heterocycles. The van der Waals surface area contributed by atoms with Crippen molar-refractivity contribution in [3.63, 3.8) is 0 Å². The van der Waals surface area contributed by atoms with Gasteiger partial charge in [-0.15, -0.1) is 10.2 Å². The van der Waals surface area contributed by atoms with Gasteiger partial charge in [0.25, 0.3) is 0 Å². The highest BCUT2D eigenvalue weighted by molar-refractivity contribution is 5.97. The number of fused-ring (bicyclic) bond motifs is 1. The zero-order valence-electron chi connectivity index (χ0n) is 8.25. The fraction of sp³-hybridized carbons (Fsp3) is 0.222. The summed E-state index contributed by atoms with van der Waals surface area (Å²) in [4.78, 5) is 0. The lowest BCUT2D eigenvalue weighted by atomic mass is 10.2. The highest BCUT2D eigenvalue weighted by Crippen LogP contribution is 2.07. The zero-order valence-corrected chi connectivity index (χ0v) is 8.25. The molecule has 2 heterocycles. The third-order valence-corrected chi connectivity index (χ3v) is 2.20. The summed E-state index contributed by atoms with van der Waals surface area (Å²) in [5, 5.41) is 19.5. The molecule has 6 heteroatoms. The van der Waals surface area contributed by atoms with Crippen molar-refractivity contribution in [2.24, 2.45) is 10.9 Å². The second kappa shape index (κ2) is 3.56. The van der Waals surface area contributed by atoms with E-state index in [1.807, 2.05) is 17.5 Å². The molecule has 2 rings (SSSR count). The fourth-order valence-electron chi connectivity index (χ4n) is 1.40. The summed E-state index contributed by atoms with van der Waals surface area (Å²) < 4.78 is 1.87. The lowest BCUT2D eigenvalue weighted by Crippen LogP contribution is -2.13. The molecular weight excluding hydrogens is 194 g/mol. The van der Waals surface area contributed by atoms with E-state index < -0.39 is 0 Å². The number of hydrogen-bond donors (Lipinski definition) is 2. The van der Waals surface area contributed by atoms with Gasteiger partial charge in [-0.1, -0.05) is 12.1 Å². The summed E-state index contributed by atoms with van der Waals surface area (Å²) in [6.45, 7) is 2.01. The van der Waals surface area contributed by atoms with Crippen molar-refractivity contribution < 1.29 is 5.21 Å². The summed E-state index contributed by atoms with van der Waals surface area (Å²) in [6, 6.07) is 3.48. The van der Waals surface area contributed by atoms with Gasteiger partial charge in [0.05, 0.1) is 0 Å². The Balaban J connectivity index is 2.58. The van der Waals surface area contributed by atoms with Gasteiger partial charge in [-0.05, 0) is 12.1 Å². The van der Waals surface area contributed by atoms with E-state index in [2.05, 4.69) is 15.4 Å². The molecule has 0 bridgehead atoms. The Bertz CT molecular complexity index is 516. The van der Waals surface area contributed by atoms with Crippen LogP contribution in [0.3, 0.4) is 0 Å². The van der Waals surface area contributed by atoms with Gasteiger partial charge in [-0.3, -0.25) is 4.40 Å². The minimum absolute atomic E-state index is 0.0681. The number of oxime groups is 1. The molecule has 6 nitrogen and oxygen atoms in total. The maximum absolute atomic E-state index is 8.53. The molecule has 2 aromatic heterocycles. The molecule has 0 aliphatic carbocycles. The van der Waals surface area contributed by atoms with Gasteiger partial charge in [0.15, 0.2) is 11.5 Å². The third-order valence-electron chi connectivity index (χ3n) is 2.20. The first-order valence-corrected chi connectivity index (χ1v) is 4.57. The Labute approximate surface area is 86.0 Å². The van der Waals surface area contributed by atoms with Gasteiger partial charge in [-0.25, -0.2) is 0 Å². The smallest absolute Gasteiger partial charge is 0.170 e. The number of nitrogens with zero attached hydrogens (tertiary/aromatic N) is 4. The average molecular weight is 205 g/mol.